The van der Waals surface area contributed by atoms with Gasteiger partial charge < -0.3 is 10.2 Å². The molecule has 0 radical (unpaired) electrons. The van der Waals surface area contributed by atoms with Crippen molar-refractivity contribution in [3.05, 3.63) is 20.8 Å². The highest BCUT2D eigenvalue weighted by molar-refractivity contribution is 9.10. The van der Waals surface area contributed by atoms with Crippen LogP contribution in [0, 0.1) is 0 Å². The number of rotatable bonds is 7. The third kappa shape index (κ3) is 4.77. The van der Waals surface area contributed by atoms with Gasteiger partial charge in [0, 0.05) is 17.6 Å². The molecule has 1 aromatic rings. The Morgan fingerprint density at radius 3 is 2.76 bits per heavy atom. The first-order chi connectivity index (χ1) is 8.19. The average Bonchev–Trinajstić information content (AvgIpc) is 2.74. The van der Waals surface area contributed by atoms with Crippen molar-refractivity contribution in [1.29, 1.82) is 0 Å². The molecule has 0 fully saturated rings. The van der Waals surface area contributed by atoms with Crippen LogP contribution < -0.4 is 5.32 Å². The molecule has 0 spiro atoms. The second kappa shape index (κ2) is 7.84. The Bertz CT molecular complexity index is 354. The molecule has 0 aliphatic rings. The smallest absolute Gasteiger partial charge is 0.262 e. The summed E-state index contributed by atoms with van der Waals surface area (Å²) in [5, 5.41) is 4.86. The fraction of sp³-hybridized carbons (Fsp3) is 0.583. The van der Waals surface area contributed by atoms with Crippen LogP contribution >= 0.6 is 27.3 Å². The molecule has 0 aliphatic carbocycles. The molecule has 0 saturated heterocycles. The van der Waals surface area contributed by atoms with E-state index in [1.165, 1.54) is 11.3 Å². The molecule has 0 aromatic carbocycles. The minimum Gasteiger partial charge on any atom is -0.350 e. The first-order valence-electron chi connectivity index (χ1n) is 5.92. The average molecular weight is 319 g/mol. The molecule has 0 aliphatic heterocycles. The van der Waals surface area contributed by atoms with E-state index < -0.39 is 0 Å². The molecule has 0 atom stereocenters. The fourth-order valence-electron chi connectivity index (χ4n) is 1.61. The number of hydrogen-bond donors (Lipinski definition) is 1. The van der Waals surface area contributed by atoms with Crippen LogP contribution in [0.4, 0.5) is 0 Å². The minimum atomic E-state index is 0.0134. The third-order valence-corrected chi connectivity index (χ3v) is 4.36. The summed E-state index contributed by atoms with van der Waals surface area (Å²) in [4.78, 5) is 14.9. The molecule has 96 valence electrons. The van der Waals surface area contributed by atoms with Gasteiger partial charge >= 0.3 is 0 Å². The van der Waals surface area contributed by atoms with Gasteiger partial charge in [0.2, 0.25) is 0 Å². The van der Waals surface area contributed by atoms with Crippen LogP contribution in [-0.2, 0) is 0 Å². The molecule has 0 saturated carbocycles. The molecule has 1 rings (SSSR count). The Kier molecular flexibility index (Phi) is 6.77. The monoisotopic (exact) mass is 318 g/mol. The molecular weight excluding hydrogens is 300 g/mol. The van der Waals surface area contributed by atoms with Crippen molar-refractivity contribution < 1.29 is 4.79 Å². The van der Waals surface area contributed by atoms with Crippen molar-refractivity contribution in [2.24, 2.45) is 0 Å². The van der Waals surface area contributed by atoms with Gasteiger partial charge in [-0.3, -0.25) is 4.79 Å². The Balaban J connectivity index is 2.31. The van der Waals surface area contributed by atoms with Crippen molar-refractivity contribution in [2.75, 3.05) is 26.2 Å². The van der Waals surface area contributed by atoms with Crippen LogP contribution in [0.15, 0.2) is 15.9 Å². The second-order valence-corrected chi connectivity index (χ2v) is 5.56. The Hall–Kier alpha value is -0.390. The molecule has 1 amide bonds. The summed E-state index contributed by atoms with van der Waals surface area (Å²) in [7, 11) is 0. The van der Waals surface area contributed by atoms with Crippen molar-refractivity contribution >= 4 is 33.2 Å². The van der Waals surface area contributed by atoms with Gasteiger partial charge in [-0.25, -0.2) is 0 Å². The van der Waals surface area contributed by atoms with E-state index in [4.69, 9.17) is 0 Å². The van der Waals surface area contributed by atoms with E-state index in [1.54, 1.807) is 0 Å². The van der Waals surface area contributed by atoms with Gasteiger partial charge in [0.1, 0.15) is 4.88 Å². The summed E-state index contributed by atoms with van der Waals surface area (Å²) in [6, 6.07) is 1.90. The number of amides is 1. The van der Waals surface area contributed by atoms with Crippen LogP contribution in [-0.4, -0.2) is 37.0 Å². The molecule has 1 heterocycles. The van der Waals surface area contributed by atoms with Gasteiger partial charge in [-0.05, 0) is 46.9 Å². The van der Waals surface area contributed by atoms with Gasteiger partial charge in [-0.15, -0.1) is 11.3 Å². The number of likely N-dealkylation sites (N-methyl/N-ethyl adjacent to an activating group) is 1. The van der Waals surface area contributed by atoms with Crippen molar-refractivity contribution in [2.45, 2.75) is 20.3 Å². The summed E-state index contributed by atoms with van der Waals surface area (Å²) < 4.78 is 0.876. The third-order valence-electron chi connectivity index (χ3n) is 2.52. The maximum atomic E-state index is 11.8. The largest absolute Gasteiger partial charge is 0.350 e. The predicted octanol–water partition coefficient (Wildman–Crippen LogP) is 2.97. The summed E-state index contributed by atoms with van der Waals surface area (Å²) in [5.41, 5.74) is 0. The Morgan fingerprint density at radius 1 is 1.47 bits per heavy atom. The van der Waals surface area contributed by atoms with E-state index in [1.807, 2.05) is 11.4 Å². The van der Waals surface area contributed by atoms with E-state index >= 15 is 0 Å². The first kappa shape index (κ1) is 14.7. The minimum absolute atomic E-state index is 0.0134. The highest BCUT2D eigenvalue weighted by Gasteiger charge is 2.10. The van der Waals surface area contributed by atoms with Crippen LogP contribution in [0.2, 0.25) is 0 Å². The van der Waals surface area contributed by atoms with Crippen LogP contribution in [0.5, 0.6) is 0 Å². The number of nitrogens with one attached hydrogen (secondary N) is 1. The lowest BCUT2D eigenvalue weighted by atomic mass is 10.4. The highest BCUT2D eigenvalue weighted by Crippen LogP contribution is 2.22. The molecule has 17 heavy (non-hydrogen) atoms. The number of thiophene rings is 1. The Labute approximate surface area is 115 Å². The van der Waals surface area contributed by atoms with Crippen LogP contribution in [0.25, 0.3) is 0 Å². The van der Waals surface area contributed by atoms with Crippen LogP contribution in [0.1, 0.15) is 29.9 Å². The van der Waals surface area contributed by atoms with Gasteiger partial charge in [0.25, 0.3) is 5.91 Å². The lowest BCUT2D eigenvalue weighted by Crippen LogP contribution is -2.35. The molecule has 0 unspecified atom stereocenters. The maximum Gasteiger partial charge on any atom is 0.262 e. The summed E-state index contributed by atoms with van der Waals surface area (Å²) in [6.45, 7) is 8.06. The standard InChI is InChI=1S/C12H19BrN2OS/c1-3-7-15(4-2)8-6-14-12(16)11-10(13)5-9-17-11/h5,9H,3-4,6-8H2,1-2H3,(H,14,16). The van der Waals surface area contributed by atoms with E-state index in [0.29, 0.717) is 6.54 Å². The quantitative estimate of drug-likeness (QED) is 0.838. The normalized spacial score (nSPS) is 10.8. The number of halogens is 1. The lowest BCUT2D eigenvalue weighted by molar-refractivity contribution is 0.0952. The van der Waals surface area contributed by atoms with E-state index in [0.717, 1.165) is 35.4 Å². The number of carbonyl (C=O) groups is 1. The Morgan fingerprint density at radius 2 is 2.24 bits per heavy atom. The molecule has 3 nitrogen and oxygen atoms in total. The van der Waals surface area contributed by atoms with Crippen molar-refractivity contribution in [3.63, 3.8) is 0 Å². The molecule has 1 aromatic heterocycles. The number of hydrogen-bond acceptors (Lipinski definition) is 3. The summed E-state index contributed by atoms with van der Waals surface area (Å²) >= 11 is 4.83. The highest BCUT2D eigenvalue weighted by atomic mass is 79.9. The number of carbonyl (C=O) groups excluding carboxylic acids is 1. The SMILES string of the molecule is CCCN(CC)CCNC(=O)c1sccc1Br. The van der Waals surface area contributed by atoms with Gasteiger partial charge in [-0.2, -0.15) is 0 Å². The first-order valence-corrected chi connectivity index (χ1v) is 7.59. The van der Waals surface area contributed by atoms with Crippen LogP contribution in [0.3, 0.4) is 0 Å². The number of nitrogens with zero attached hydrogens (tertiary/aromatic N) is 1. The topological polar surface area (TPSA) is 32.3 Å². The zero-order valence-electron chi connectivity index (χ0n) is 10.3. The van der Waals surface area contributed by atoms with Gasteiger partial charge in [0.15, 0.2) is 0 Å². The molecular formula is C12H19BrN2OS. The van der Waals surface area contributed by atoms with Crippen molar-refractivity contribution in [3.8, 4) is 0 Å². The van der Waals surface area contributed by atoms with E-state index in [-0.39, 0.29) is 5.91 Å². The second-order valence-electron chi connectivity index (χ2n) is 3.79. The molecule has 0 bridgehead atoms. The zero-order valence-corrected chi connectivity index (χ0v) is 12.7. The fourth-order valence-corrected chi connectivity index (χ4v) is 3.08. The zero-order chi connectivity index (χ0) is 12.7. The van der Waals surface area contributed by atoms with Crippen molar-refractivity contribution in [1.82, 2.24) is 10.2 Å². The van der Waals surface area contributed by atoms with E-state index in [2.05, 4.69) is 40.0 Å². The summed E-state index contributed by atoms with van der Waals surface area (Å²) in [6.07, 6.45) is 1.15. The van der Waals surface area contributed by atoms with Gasteiger partial charge in [-0.1, -0.05) is 13.8 Å². The molecule has 1 N–H and O–H groups in total. The van der Waals surface area contributed by atoms with Gasteiger partial charge in [0.05, 0.1) is 0 Å². The predicted molar refractivity (Wildman–Crippen MR) is 76.8 cm³/mol. The lowest BCUT2D eigenvalue weighted by Gasteiger charge is -2.19. The maximum absolute atomic E-state index is 11.8. The van der Waals surface area contributed by atoms with E-state index in [9.17, 15) is 4.79 Å². The molecule has 5 heteroatoms. The summed E-state index contributed by atoms with van der Waals surface area (Å²) in [5.74, 6) is 0.0134.